The van der Waals surface area contributed by atoms with Crippen molar-refractivity contribution in [1.29, 1.82) is 5.26 Å². The lowest BCUT2D eigenvalue weighted by Gasteiger charge is -2.20. The van der Waals surface area contributed by atoms with E-state index in [1.54, 1.807) is 38.2 Å². The summed E-state index contributed by atoms with van der Waals surface area (Å²) in [5, 5.41) is 18.5. The normalized spacial score (nSPS) is 11.3. The Hall–Kier alpha value is -2.61. The molecule has 0 aliphatic rings. The average Bonchev–Trinajstić information content (AvgIpc) is 2.78. The lowest BCUT2D eigenvalue weighted by atomic mass is 9.82. The molecule has 21 heavy (non-hydrogen) atoms. The first-order chi connectivity index (χ1) is 9.82. The van der Waals surface area contributed by atoms with Crippen molar-refractivity contribution >= 4 is 22.7 Å². The van der Waals surface area contributed by atoms with Crippen molar-refractivity contribution in [3.63, 3.8) is 0 Å². The van der Waals surface area contributed by atoms with Crippen LogP contribution in [-0.4, -0.2) is 21.8 Å². The summed E-state index contributed by atoms with van der Waals surface area (Å²) in [5.41, 5.74) is 1.16. The van der Waals surface area contributed by atoms with Crippen molar-refractivity contribution in [2.45, 2.75) is 26.7 Å². The predicted molar refractivity (Wildman–Crippen MR) is 78.0 cm³/mol. The topological polar surface area (TPSA) is 93.9 Å². The second-order valence-corrected chi connectivity index (χ2v) is 5.91. The molecule has 2 aromatic rings. The third-order valence-electron chi connectivity index (χ3n) is 3.38. The molecule has 0 amide bonds. The molecule has 0 aliphatic heterocycles. The van der Waals surface area contributed by atoms with Gasteiger partial charge in [0.2, 0.25) is 0 Å². The number of aromatic nitrogens is 1. The highest BCUT2D eigenvalue weighted by Gasteiger charge is 2.26. The molecule has 0 fully saturated rings. The van der Waals surface area contributed by atoms with Crippen LogP contribution in [0.5, 0.6) is 0 Å². The van der Waals surface area contributed by atoms with Crippen LogP contribution in [-0.2, 0) is 4.79 Å². The Morgan fingerprint density at radius 1 is 1.33 bits per heavy atom. The average molecular weight is 284 g/mol. The standard InChI is InChI=1S/C16H16N2O3/c1-16(2,7-15(20)21)6-14(19)12-9-18-13-4-3-10(8-17)5-11(12)13/h3-5,9,18H,6-7H2,1-2H3,(H,20,21). The molecule has 2 N–H and O–H groups in total. The Morgan fingerprint density at radius 3 is 2.67 bits per heavy atom. The summed E-state index contributed by atoms with van der Waals surface area (Å²) in [7, 11) is 0. The second-order valence-electron chi connectivity index (χ2n) is 5.91. The Morgan fingerprint density at radius 2 is 2.05 bits per heavy atom. The summed E-state index contributed by atoms with van der Waals surface area (Å²) in [5.74, 6) is -1.04. The van der Waals surface area contributed by atoms with Crippen molar-refractivity contribution in [2.75, 3.05) is 0 Å². The number of carbonyl (C=O) groups is 2. The van der Waals surface area contributed by atoms with E-state index in [1.165, 1.54) is 0 Å². The fourth-order valence-electron chi connectivity index (χ4n) is 2.42. The van der Waals surface area contributed by atoms with Crippen molar-refractivity contribution in [2.24, 2.45) is 5.41 Å². The fraction of sp³-hybridized carbons (Fsp3) is 0.312. The van der Waals surface area contributed by atoms with Gasteiger partial charge in [0.05, 0.1) is 18.1 Å². The summed E-state index contributed by atoms with van der Waals surface area (Å²) in [6, 6.07) is 7.16. The molecule has 1 heterocycles. The van der Waals surface area contributed by atoms with Crippen molar-refractivity contribution in [3.8, 4) is 6.07 Å². The summed E-state index contributed by atoms with van der Waals surface area (Å²) < 4.78 is 0. The maximum absolute atomic E-state index is 12.4. The fourth-order valence-corrected chi connectivity index (χ4v) is 2.42. The molecule has 1 aromatic carbocycles. The van der Waals surface area contributed by atoms with E-state index < -0.39 is 11.4 Å². The van der Waals surface area contributed by atoms with Crippen LogP contribution in [0.25, 0.3) is 10.9 Å². The zero-order chi connectivity index (χ0) is 15.6. The zero-order valence-corrected chi connectivity index (χ0v) is 11.9. The van der Waals surface area contributed by atoms with Crippen molar-refractivity contribution in [3.05, 3.63) is 35.5 Å². The van der Waals surface area contributed by atoms with Crippen LogP contribution in [0.15, 0.2) is 24.4 Å². The minimum Gasteiger partial charge on any atom is -0.481 e. The first-order valence-corrected chi connectivity index (χ1v) is 6.59. The minimum atomic E-state index is -0.918. The third-order valence-corrected chi connectivity index (χ3v) is 3.38. The quantitative estimate of drug-likeness (QED) is 0.825. The first kappa shape index (κ1) is 14.8. The van der Waals surface area contributed by atoms with Crippen LogP contribution < -0.4 is 0 Å². The number of Topliss-reactive ketones (excluding diaryl/α,β-unsaturated/α-hetero) is 1. The van der Waals surface area contributed by atoms with Crippen LogP contribution in [0.4, 0.5) is 0 Å². The molecule has 0 saturated heterocycles. The van der Waals surface area contributed by atoms with E-state index in [9.17, 15) is 9.59 Å². The lowest BCUT2D eigenvalue weighted by Crippen LogP contribution is -2.21. The number of nitrogens with zero attached hydrogens (tertiary/aromatic N) is 1. The number of aliphatic carboxylic acids is 1. The van der Waals surface area contributed by atoms with E-state index >= 15 is 0 Å². The van der Waals surface area contributed by atoms with Crippen LogP contribution in [0, 0.1) is 16.7 Å². The van der Waals surface area contributed by atoms with Crippen molar-refractivity contribution < 1.29 is 14.7 Å². The number of ketones is 1. The van der Waals surface area contributed by atoms with Gasteiger partial charge < -0.3 is 10.1 Å². The number of carboxylic acid groups (broad SMARTS) is 1. The number of benzene rings is 1. The van der Waals surface area contributed by atoms with E-state index in [0.29, 0.717) is 16.5 Å². The number of rotatable bonds is 5. The van der Waals surface area contributed by atoms with Gasteiger partial charge in [-0.2, -0.15) is 5.26 Å². The molecule has 108 valence electrons. The van der Waals surface area contributed by atoms with Gasteiger partial charge in [-0.25, -0.2) is 0 Å². The number of nitriles is 1. The smallest absolute Gasteiger partial charge is 0.303 e. The number of hydrogen-bond donors (Lipinski definition) is 2. The summed E-state index contributed by atoms with van der Waals surface area (Å²) >= 11 is 0. The predicted octanol–water partition coefficient (Wildman–Crippen LogP) is 3.11. The highest BCUT2D eigenvalue weighted by Crippen LogP contribution is 2.29. The van der Waals surface area contributed by atoms with Crippen LogP contribution in [0.1, 0.15) is 42.6 Å². The second kappa shape index (κ2) is 5.41. The van der Waals surface area contributed by atoms with Gasteiger partial charge in [-0.15, -0.1) is 0 Å². The molecule has 0 atom stereocenters. The van der Waals surface area contributed by atoms with Gasteiger partial charge in [-0.3, -0.25) is 9.59 Å². The molecule has 0 spiro atoms. The Balaban J connectivity index is 2.32. The van der Waals surface area contributed by atoms with E-state index in [1.807, 2.05) is 6.07 Å². The number of aromatic amines is 1. The molecule has 0 aliphatic carbocycles. The summed E-state index contributed by atoms with van der Waals surface area (Å²) in [6.07, 6.45) is 1.69. The zero-order valence-electron chi connectivity index (χ0n) is 11.9. The van der Waals surface area contributed by atoms with Crippen LogP contribution in [0.2, 0.25) is 0 Å². The van der Waals surface area contributed by atoms with Gasteiger partial charge in [0.1, 0.15) is 0 Å². The molecular formula is C16H16N2O3. The Labute approximate surface area is 122 Å². The molecule has 0 radical (unpaired) electrons. The first-order valence-electron chi connectivity index (χ1n) is 6.59. The highest BCUT2D eigenvalue weighted by atomic mass is 16.4. The number of carbonyl (C=O) groups excluding carboxylic acids is 1. The third kappa shape index (κ3) is 3.29. The van der Waals surface area contributed by atoms with Gasteiger partial charge in [0, 0.05) is 29.1 Å². The van der Waals surface area contributed by atoms with Crippen molar-refractivity contribution in [1.82, 2.24) is 4.98 Å². The Kier molecular flexibility index (Phi) is 3.81. The molecule has 0 bridgehead atoms. The summed E-state index contributed by atoms with van der Waals surface area (Å²) in [6.45, 7) is 3.52. The maximum Gasteiger partial charge on any atom is 0.303 e. The van der Waals surface area contributed by atoms with E-state index in [0.717, 1.165) is 5.52 Å². The largest absolute Gasteiger partial charge is 0.481 e. The molecular weight excluding hydrogens is 268 g/mol. The molecule has 0 saturated carbocycles. The van der Waals surface area contributed by atoms with Crippen LogP contribution >= 0.6 is 0 Å². The molecule has 1 aromatic heterocycles. The maximum atomic E-state index is 12.4. The molecule has 2 rings (SSSR count). The SMILES string of the molecule is CC(C)(CC(=O)O)CC(=O)c1c[nH]c2ccc(C#N)cc12. The highest BCUT2D eigenvalue weighted by molar-refractivity contribution is 6.08. The van der Waals surface area contributed by atoms with Gasteiger partial charge in [-0.05, 0) is 23.6 Å². The molecule has 5 nitrogen and oxygen atoms in total. The summed E-state index contributed by atoms with van der Waals surface area (Å²) in [4.78, 5) is 26.2. The molecule has 0 unspecified atom stereocenters. The van der Waals surface area contributed by atoms with Gasteiger partial charge >= 0.3 is 5.97 Å². The Bertz CT molecular complexity index is 750. The van der Waals surface area contributed by atoms with Gasteiger partial charge in [0.25, 0.3) is 0 Å². The minimum absolute atomic E-state index is 0.0649. The molecule has 5 heteroatoms. The number of carboxylic acids is 1. The monoisotopic (exact) mass is 284 g/mol. The van der Waals surface area contributed by atoms with Gasteiger partial charge in [-0.1, -0.05) is 13.8 Å². The van der Waals surface area contributed by atoms with Gasteiger partial charge in [0.15, 0.2) is 5.78 Å². The number of fused-ring (bicyclic) bond motifs is 1. The number of H-pyrrole nitrogens is 1. The van der Waals surface area contributed by atoms with E-state index in [2.05, 4.69) is 4.98 Å². The number of nitrogens with one attached hydrogen (secondary N) is 1. The van der Waals surface area contributed by atoms with E-state index in [4.69, 9.17) is 10.4 Å². The van der Waals surface area contributed by atoms with Crippen LogP contribution in [0.3, 0.4) is 0 Å². The van der Waals surface area contributed by atoms with E-state index in [-0.39, 0.29) is 18.6 Å². The lowest BCUT2D eigenvalue weighted by molar-refractivity contribution is -0.139. The number of hydrogen-bond acceptors (Lipinski definition) is 3.